The molecule has 0 radical (unpaired) electrons. The van der Waals surface area contributed by atoms with Gasteiger partial charge in [-0.25, -0.2) is 4.98 Å². The van der Waals surface area contributed by atoms with Gasteiger partial charge in [0.1, 0.15) is 11.5 Å². The van der Waals surface area contributed by atoms with E-state index in [1.165, 1.54) is 0 Å². The second-order valence-electron chi connectivity index (χ2n) is 4.72. The number of aromatic nitrogens is 2. The van der Waals surface area contributed by atoms with Gasteiger partial charge in [-0.2, -0.15) is 0 Å². The highest BCUT2D eigenvalue weighted by Crippen LogP contribution is 2.16. The molecule has 0 spiro atoms. The number of hydrogen-bond donors (Lipinski definition) is 4. The molecule has 0 unspecified atom stereocenters. The van der Waals surface area contributed by atoms with Crippen molar-refractivity contribution in [2.45, 2.75) is 12.8 Å². The number of carbonyl (C=O) groups excluding carboxylic acids is 2. The third-order valence-electron chi connectivity index (χ3n) is 3.10. The molecule has 2 rings (SSSR count). The van der Waals surface area contributed by atoms with E-state index in [1.54, 1.807) is 6.20 Å². The molecule has 2 heterocycles. The molecule has 0 aromatic carbocycles. The third-order valence-corrected chi connectivity index (χ3v) is 3.10. The minimum absolute atomic E-state index is 0.213. The van der Waals surface area contributed by atoms with Crippen LogP contribution in [-0.2, 0) is 9.59 Å². The second kappa shape index (κ2) is 7.99. The number of hydrogen-bond acceptors (Lipinski definition) is 6. The van der Waals surface area contributed by atoms with Crippen molar-refractivity contribution in [3.8, 4) is 0 Å². The molecule has 8 nitrogen and oxygen atoms in total. The Morgan fingerprint density at radius 2 is 2.23 bits per heavy atom. The first-order chi connectivity index (χ1) is 10.7. The summed E-state index contributed by atoms with van der Waals surface area (Å²) >= 11 is 0. The van der Waals surface area contributed by atoms with Crippen molar-refractivity contribution < 1.29 is 9.59 Å². The minimum Gasteiger partial charge on any atom is -0.385 e. The highest BCUT2D eigenvalue weighted by molar-refractivity contribution is 5.86. The zero-order valence-electron chi connectivity index (χ0n) is 12.2. The molecule has 8 heteroatoms. The van der Waals surface area contributed by atoms with E-state index in [9.17, 15) is 9.59 Å². The summed E-state index contributed by atoms with van der Waals surface area (Å²) in [6, 6.07) is 3.90. The molecule has 0 aliphatic heterocycles. The van der Waals surface area contributed by atoms with E-state index in [-0.39, 0.29) is 12.3 Å². The van der Waals surface area contributed by atoms with Gasteiger partial charge in [0, 0.05) is 37.5 Å². The van der Waals surface area contributed by atoms with E-state index in [4.69, 9.17) is 5.73 Å². The molecular formula is C14H20N6O2. The Labute approximate surface area is 128 Å². The van der Waals surface area contributed by atoms with Crippen LogP contribution in [0.3, 0.4) is 0 Å². The molecule has 0 bridgehead atoms. The summed E-state index contributed by atoms with van der Waals surface area (Å²) in [5, 5.41) is 8.49. The van der Waals surface area contributed by atoms with Crippen LogP contribution in [0.4, 0.5) is 11.5 Å². The Morgan fingerprint density at radius 1 is 1.36 bits per heavy atom. The molecule has 0 aliphatic carbocycles. The molecule has 0 saturated heterocycles. The molecule has 0 aliphatic rings. The number of nitrogens with two attached hydrogens (primary N) is 1. The average Bonchev–Trinajstić information content (AvgIpc) is 2.90. The van der Waals surface area contributed by atoms with Gasteiger partial charge in [-0.1, -0.05) is 0 Å². The van der Waals surface area contributed by atoms with Crippen LogP contribution >= 0.6 is 0 Å². The van der Waals surface area contributed by atoms with Gasteiger partial charge in [0.2, 0.25) is 12.3 Å². The lowest BCUT2D eigenvalue weighted by Crippen LogP contribution is -2.23. The summed E-state index contributed by atoms with van der Waals surface area (Å²) in [5.41, 5.74) is 7.25. The number of nitrogens with one attached hydrogen (secondary N) is 3. The average molecular weight is 304 g/mol. The first kappa shape index (κ1) is 15.8. The van der Waals surface area contributed by atoms with Crippen LogP contribution in [0, 0.1) is 0 Å². The first-order valence-corrected chi connectivity index (χ1v) is 7.12. The van der Waals surface area contributed by atoms with Gasteiger partial charge >= 0.3 is 0 Å². The van der Waals surface area contributed by atoms with E-state index in [1.807, 2.05) is 22.7 Å². The van der Waals surface area contributed by atoms with E-state index in [0.717, 1.165) is 30.1 Å². The van der Waals surface area contributed by atoms with Crippen LogP contribution in [0.1, 0.15) is 12.8 Å². The molecule has 5 N–H and O–H groups in total. The fraction of sp³-hybridized carbons (Fsp3) is 0.357. The topological polar surface area (TPSA) is 114 Å². The highest BCUT2D eigenvalue weighted by Gasteiger charge is 2.05. The smallest absolute Gasteiger partial charge is 0.228 e. The van der Waals surface area contributed by atoms with Crippen molar-refractivity contribution in [2.24, 2.45) is 5.73 Å². The summed E-state index contributed by atoms with van der Waals surface area (Å²) in [6.45, 7) is 1.90. The molecule has 0 atom stereocenters. The van der Waals surface area contributed by atoms with Crippen LogP contribution in [-0.4, -0.2) is 41.3 Å². The maximum absolute atomic E-state index is 11.2. The van der Waals surface area contributed by atoms with Gasteiger partial charge in [0.05, 0.1) is 6.20 Å². The normalized spacial score (nSPS) is 10.4. The van der Waals surface area contributed by atoms with Crippen LogP contribution < -0.4 is 21.7 Å². The molecule has 2 aromatic rings. The molecule has 2 aromatic heterocycles. The van der Waals surface area contributed by atoms with Gasteiger partial charge in [-0.05, 0) is 19.0 Å². The quantitative estimate of drug-likeness (QED) is 0.388. The van der Waals surface area contributed by atoms with Crippen molar-refractivity contribution in [1.29, 1.82) is 0 Å². The largest absolute Gasteiger partial charge is 0.385 e. The predicted octanol–water partition coefficient (Wildman–Crippen LogP) is 0.170. The van der Waals surface area contributed by atoms with Gasteiger partial charge in [-0.3, -0.25) is 19.3 Å². The summed E-state index contributed by atoms with van der Waals surface area (Å²) < 4.78 is 1.89. The zero-order valence-corrected chi connectivity index (χ0v) is 12.2. The zero-order chi connectivity index (χ0) is 15.8. The fourth-order valence-corrected chi connectivity index (χ4v) is 2.00. The first-order valence-electron chi connectivity index (χ1n) is 7.12. The number of fused-ring (bicyclic) bond motifs is 1. The van der Waals surface area contributed by atoms with E-state index in [0.29, 0.717) is 19.5 Å². The van der Waals surface area contributed by atoms with Gasteiger partial charge in [0.15, 0.2) is 0 Å². The Morgan fingerprint density at radius 3 is 3.00 bits per heavy atom. The van der Waals surface area contributed by atoms with Gasteiger partial charge in [0.25, 0.3) is 0 Å². The lowest BCUT2D eigenvalue weighted by molar-refractivity contribution is -0.125. The number of anilines is 2. The fourth-order valence-electron chi connectivity index (χ4n) is 2.00. The number of carbonyl (C=O) groups is 2. The minimum atomic E-state index is -0.317. The van der Waals surface area contributed by atoms with E-state index in [2.05, 4.69) is 20.9 Å². The third kappa shape index (κ3) is 4.19. The Kier molecular flexibility index (Phi) is 5.73. The van der Waals surface area contributed by atoms with Crippen molar-refractivity contribution >= 4 is 29.5 Å². The summed E-state index contributed by atoms with van der Waals surface area (Å²) in [7, 11) is 0. The highest BCUT2D eigenvalue weighted by atomic mass is 16.2. The van der Waals surface area contributed by atoms with Crippen molar-refractivity contribution in [3.63, 3.8) is 0 Å². The predicted molar refractivity (Wildman–Crippen MR) is 84.7 cm³/mol. The maximum Gasteiger partial charge on any atom is 0.228 e. The Balaban J connectivity index is 1.94. The second-order valence-corrected chi connectivity index (χ2v) is 4.72. The summed E-state index contributed by atoms with van der Waals surface area (Å²) in [6.07, 6.45) is 5.12. The van der Waals surface area contributed by atoms with Crippen LogP contribution in [0.5, 0.6) is 0 Å². The van der Waals surface area contributed by atoms with Crippen LogP contribution in [0.15, 0.2) is 24.5 Å². The summed E-state index contributed by atoms with van der Waals surface area (Å²) in [4.78, 5) is 25.6. The number of pyridine rings is 1. The lowest BCUT2D eigenvalue weighted by atomic mass is 10.3. The number of rotatable bonds is 9. The maximum atomic E-state index is 11.2. The Bertz CT molecular complexity index is 639. The number of amides is 2. The van der Waals surface area contributed by atoms with Crippen molar-refractivity contribution in [1.82, 2.24) is 14.7 Å². The molecule has 22 heavy (non-hydrogen) atoms. The van der Waals surface area contributed by atoms with Crippen molar-refractivity contribution in [3.05, 3.63) is 24.5 Å². The standard InChI is InChI=1S/C14H20N6O2/c15-4-1-5-16-11-3-7-20-12(8-11)18-9-13(20)17-6-2-14(22)19-10-21/h3,7-10,16-17H,1-2,4-6,15H2,(H,19,21,22). The number of imidazole rings is 1. The monoisotopic (exact) mass is 304 g/mol. The summed E-state index contributed by atoms with van der Waals surface area (Å²) in [5.74, 6) is 0.477. The molecular weight excluding hydrogens is 284 g/mol. The number of nitrogens with zero attached hydrogens (tertiary/aromatic N) is 2. The molecule has 0 saturated carbocycles. The van der Waals surface area contributed by atoms with E-state index < -0.39 is 0 Å². The molecule has 118 valence electrons. The molecule has 2 amide bonds. The van der Waals surface area contributed by atoms with Gasteiger partial charge < -0.3 is 16.4 Å². The number of imide groups is 1. The molecule has 0 fully saturated rings. The lowest BCUT2D eigenvalue weighted by Gasteiger charge is -2.08. The van der Waals surface area contributed by atoms with Crippen LogP contribution in [0.25, 0.3) is 5.65 Å². The van der Waals surface area contributed by atoms with Crippen LogP contribution in [0.2, 0.25) is 0 Å². The Hall–Kier alpha value is -2.61. The SMILES string of the molecule is NCCCNc1ccn2c(NCCC(=O)NC=O)cnc2c1. The van der Waals surface area contributed by atoms with E-state index >= 15 is 0 Å². The van der Waals surface area contributed by atoms with Crippen molar-refractivity contribution in [2.75, 3.05) is 30.3 Å². The van der Waals surface area contributed by atoms with Gasteiger partial charge in [-0.15, -0.1) is 0 Å².